The maximum atomic E-state index is 12.4. The van der Waals surface area contributed by atoms with Gasteiger partial charge in [-0.15, -0.1) is 0 Å². The van der Waals surface area contributed by atoms with Gasteiger partial charge in [0.05, 0.1) is 31.3 Å². The van der Waals surface area contributed by atoms with Crippen molar-refractivity contribution in [3.05, 3.63) is 24.3 Å². The first-order chi connectivity index (χ1) is 22.0. The zero-order valence-electron chi connectivity index (χ0n) is 30.0. The van der Waals surface area contributed by atoms with Gasteiger partial charge in [-0.05, 0) is 44.9 Å². The molecule has 0 saturated heterocycles. The molecule has 0 bridgehead atoms. The molecule has 0 heterocycles. The van der Waals surface area contributed by atoms with Gasteiger partial charge in [-0.2, -0.15) is 0 Å². The van der Waals surface area contributed by atoms with Gasteiger partial charge in [0.15, 0.2) is 0 Å². The Bertz CT molecular complexity index is 665. The third-order valence-electron chi connectivity index (χ3n) is 8.98. The van der Waals surface area contributed by atoms with Gasteiger partial charge in [-0.3, -0.25) is 4.79 Å². The Morgan fingerprint density at radius 2 is 0.933 bits per heavy atom. The summed E-state index contributed by atoms with van der Waals surface area (Å²) >= 11 is 0. The summed E-state index contributed by atoms with van der Waals surface area (Å²) in [6.45, 7) is 4.19. The van der Waals surface area contributed by atoms with Crippen LogP contribution in [-0.2, 0) is 4.79 Å². The van der Waals surface area contributed by atoms with E-state index in [-0.39, 0.29) is 18.9 Å². The lowest BCUT2D eigenvalue weighted by molar-refractivity contribution is -0.124. The van der Waals surface area contributed by atoms with Crippen LogP contribution in [0.2, 0.25) is 0 Å². The maximum Gasteiger partial charge on any atom is 0.222 e. The molecule has 0 aliphatic rings. The first kappa shape index (κ1) is 43.8. The van der Waals surface area contributed by atoms with Crippen molar-refractivity contribution in [1.29, 1.82) is 0 Å². The largest absolute Gasteiger partial charge is 0.394 e. The number of rotatable bonds is 35. The van der Waals surface area contributed by atoms with E-state index in [1.807, 2.05) is 6.08 Å². The molecular formula is C40H77NO4. The molecule has 0 aromatic carbocycles. The summed E-state index contributed by atoms with van der Waals surface area (Å²) in [6, 6.07) is -0.743. The van der Waals surface area contributed by atoms with Gasteiger partial charge in [-0.1, -0.05) is 173 Å². The Morgan fingerprint density at radius 1 is 0.556 bits per heavy atom. The normalized spacial score (nSPS) is 14.0. The Balaban J connectivity index is 3.69. The monoisotopic (exact) mass is 636 g/mol. The van der Waals surface area contributed by atoms with Crippen LogP contribution in [0.5, 0.6) is 0 Å². The summed E-state index contributed by atoms with van der Waals surface area (Å²) in [4.78, 5) is 12.4. The van der Waals surface area contributed by atoms with E-state index < -0.39 is 18.2 Å². The molecule has 1 amide bonds. The van der Waals surface area contributed by atoms with E-state index >= 15 is 0 Å². The van der Waals surface area contributed by atoms with Gasteiger partial charge in [0.1, 0.15) is 0 Å². The van der Waals surface area contributed by atoms with Gasteiger partial charge in [-0.25, -0.2) is 0 Å². The quantitative estimate of drug-likeness (QED) is 0.0412. The molecule has 4 N–H and O–H groups in total. The predicted octanol–water partition coefficient (Wildman–Crippen LogP) is 10.7. The zero-order chi connectivity index (χ0) is 33.1. The average molecular weight is 636 g/mol. The van der Waals surface area contributed by atoms with Crippen molar-refractivity contribution in [3.63, 3.8) is 0 Å². The zero-order valence-corrected chi connectivity index (χ0v) is 30.0. The number of carbonyl (C=O) groups is 1. The van der Waals surface area contributed by atoms with Crippen LogP contribution in [0, 0.1) is 0 Å². The molecular weight excluding hydrogens is 558 g/mol. The SMILES string of the molecule is CCCCCCCCCCC/C=C/C(O)C(CO)NC(=O)CC(O)CCCCCCC/C=C\CCCCCCCCCCCC. The van der Waals surface area contributed by atoms with Gasteiger partial charge < -0.3 is 20.6 Å². The number of unbranched alkanes of at least 4 members (excludes halogenated alkanes) is 24. The van der Waals surface area contributed by atoms with Crippen LogP contribution in [0.1, 0.15) is 200 Å². The number of carbonyl (C=O) groups excluding carboxylic acids is 1. The Hall–Kier alpha value is -1.17. The van der Waals surface area contributed by atoms with Crippen LogP contribution in [0.25, 0.3) is 0 Å². The number of amides is 1. The molecule has 0 rings (SSSR count). The van der Waals surface area contributed by atoms with E-state index in [1.54, 1.807) is 6.08 Å². The van der Waals surface area contributed by atoms with Crippen LogP contribution in [-0.4, -0.2) is 46.1 Å². The van der Waals surface area contributed by atoms with E-state index in [1.165, 1.54) is 135 Å². The smallest absolute Gasteiger partial charge is 0.222 e. The second-order valence-corrected chi connectivity index (χ2v) is 13.5. The molecule has 0 radical (unpaired) electrons. The first-order valence-corrected chi connectivity index (χ1v) is 19.6. The summed E-state index contributed by atoms with van der Waals surface area (Å²) < 4.78 is 0. The van der Waals surface area contributed by atoms with E-state index in [0.29, 0.717) is 6.42 Å². The molecule has 0 fully saturated rings. The minimum atomic E-state index is -0.927. The van der Waals surface area contributed by atoms with E-state index in [2.05, 4.69) is 31.3 Å². The number of aliphatic hydroxyl groups is 3. The molecule has 0 aromatic rings. The molecule has 0 saturated carbocycles. The number of hydrogen-bond acceptors (Lipinski definition) is 4. The second-order valence-electron chi connectivity index (χ2n) is 13.5. The Labute approximate surface area is 280 Å². The molecule has 0 aromatic heterocycles. The minimum Gasteiger partial charge on any atom is -0.394 e. The standard InChI is InChI=1S/C40H77NO4/c1-3-5-7-9-11-13-15-16-17-18-19-20-21-22-24-25-27-29-31-33-37(43)35-40(45)41-38(36-42)39(44)34-32-30-28-26-23-14-12-10-8-6-4-2/h20-21,32,34,37-39,42-44H,3-19,22-31,33,35-36H2,1-2H3,(H,41,45)/b21-20-,34-32+. The predicted molar refractivity (Wildman–Crippen MR) is 195 cm³/mol. The molecule has 0 spiro atoms. The number of hydrogen-bond donors (Lipinski definition) is 4. The summed E-state index contributed by atoms with van der Waals surface area (Å²) in [5.74, 6) is -0.322. The van der Waals surface area contributed by atoms with Crippen molar-refractivity contribution in [2.45, 2.75) is 218 Å². The molecule has 5 nitrogen and oxygen atoms in total. The highest BCUT2D eigenvalue weighted by Gasteiger charge is 2.20. The highest BCUT2D eigenvalue weighted by molar-refractivity contribution is 5.76. The van der Waals surface area contributed by atoms with E-state index in [4.69, 9.17) is 0 Å². The number of nitrogens with one attached hydrogen (secondary N) is 1. The molecule has 5 heteroatoms. The molecule has 0 aliphatic carbocycles. The van der Waals surface area contributed by atoms with Crippen molar-refractivity contribution >= 4 is 5.91 Å². The van der Waals surface area contributed by atoms with Crippen LogP contribution in [0.3, 0.4) is 0 Å². The topological polar surface area (TPSA) is 89.8 Å². The average Bonchev–Trinajstić information content (AvgIpc) is 3.03. The van der Waals surface area contributed by atoms with Crippen molar-refractivity contribution in [2.75, 3.05) is 6.61 Å². The van der Waals surface area contributed by atoms with Gasteiger partial charge in [0, 0.05) is 0 Å². The van der Waals surface area contributed by atoms with Crippen LogP contribution in [0.4, 0.5) is 0 Å². The molecule has 3 unspecified atom stereocenters. The summed E-state index contributed by atoms with van der Waals surface area (Å²) in [5, 5.41) is 33.0. The van der Waals surface area contributed by atoms with Crippen LogP contribution in [0.15, 0.2) is 24.3 Å². The molecule has 45 heavy (non-hydrogen) atoms. The minimum absolute atomic E-state index is 0.00915. The van der Waals surface area contributed by atoms with Crippen molar-refractivity contribution < 1.29 is 20.1 Å². The highest BCUT2D eigenvalue weighted by atomic mass is 16.3. The summed E-state index contributed by atoms with van der Waals surface area (Å²) in [7, 11) is 0. The fraction of sp³-hybridized carbons (Fsp3) is 0.875. The Morgan fingerprint density at radius 3 is 1.36 bits per heavy atom. The number of aliphatic hydroxyl groups excluding tert-OH is 3. The molecule has 0 aliphatic heterocycles. The third kappa shape index (κ3) is 32.6. The lowest BCUT2D eigenvalue weighted by Gasteiger charge is -2.21. The Kier molecular flexibility index (Phi) is 34.8. The third-order valence-corrected chi connectivity index (χ3v) is 8.98. The van der Waals surface area contributed by atoms with Crippen molar-refractivity contribution in [1.82, 2.24) is 5.32 Å². The maximum absolute atomic E-state index is 12.4. The fourth-order valence-corrected chi connectivity index (χ4v) is 5.92. The van der Waals surface area contributed by atoms with Gasteiger partial charge >= 0.3 is 0 Å². The molecule has 3 atom stereocenters. The van der Waals surface area contributed by atoms with Crippen molar-refractivity contribution in [2.24, 2.45) is 0 Å². The first-order valence-electron chi connectivity index (χ1n) is 19.6. The van der Waals surface area contributed by atoms with E-state index in [9.17, 15) is 20.1 Å². The van der Waals surface area contributed by atoms with Crippen LogP contribution < -0.4 is 5.32 Å². The number of allylic oxidation sites excluding steroid dienone is 3. The summed E-state index contributed by atoms with van der Waals surface area (Å²) in [6.07, 6.45) is 41.6. The fourth-order valence-electron chi connectivity index (χ4n) is 5.92. The van der Waals surface area contributed by atoms with E-state index in [0.717, 1.165) is 38.5 Å². The van der Waals surface area contributed by atoms with Gasteiger partial charge in [0.2, 0.25) is 5.91 Å². The summed E-state index contributed by atoms with van der Waals surface area (Å²) in [5.41, 5.74) is 0. The second kappa shape index (κ2) is 35.7. The van der Waals surface area contributed by atoms with Gasteiger partial charge in [0.25, 0.3) is 0 Å². The highest BCUT2D eigenvalue weighted by Crippen LogP contribution is 2.14. The lowest BCUT2D eigenvalue weighted by atomic mass is 10.0. The van der Waals surface area contributed by atoms with Crippen LogP contribution >= 0.6 is 0 Å². The van der Waals surface area contributed by atoms with Crippen molar-refractivity contribution in [3.8, 4) is 0 Å². The molecule has 266 valence electrons. The lowest BCUT2D eigenvalue weighted by Crippen LogP contribution is -2.45.